The number of hydrogen-bond donors (Lipinski definition) is 2. The number of phenolic OH excluding ortho intramolecular Hbond substituents is 2. The number of phenols is 2. The van der Waals surface area contributed by atoms with Crippen LogP contribution in [0.15, 0.2) is 73.1 Å². The van der Waals surface area contributed by atoms with Crippen LogP contribution in [0.5, 0.6) is 11.5 Å². The topological polar surface area (TPSA) is 83.3 Å². The molecule has 2 aromatic carbocycles. The third kappa shape index (κ3) is 4.30. The molecule has 0 aliphatic rings. The van der Waals surface area contributed by atoms with Gasteiger partial charge in [-0.15, -0.1) is 0 Å². The van der Waals surface area contributed by atoms with Crippen molar-refractivity contribution in [3.8, 4) is 11.5 Å². The third-order valence-corrected chi connectivity index (χ3v) is 3.22. The van der Waals surface area contributed by atoms with E-state index in [0.29, 0.717) is 35.8 Å². The second-order valence-electron chi connectivity index (χ2n) is 4.70. The van der Waals surface area contributed by atoms with E-state index in [1.165, 1.54) is 0 Å². The number of para-hydroxylation sites is 2. The van der Waals surface area contributed by atoms with E-state index >= 15 is 0 Å². The number of benzene rings is 2. The van der Waals surface area contributed by atoms with Gasteiger partial charge >= 0.3 is 27.5 Å². The SMILES string of the molecule is Oc1cccc2cccnc12.Oc1cccc2cccnc12.[O]=[Zr]. The molecule has 2 heterocycles. The van der Waals surface area contributed by atoms with Crippen LogP contribution < -0.4 is 0 Å². The first-order valence-electron chi connectivity index (χ1n) is 7.01. The molecule has 0 radical (unpaired) electrons. The molecule has 24 heavy (non-hydrogen) atoms. The molecule has 0 amide bonds. The van der Waals surface area contributed by atoms with Gasteiger partial charge in [-0.25, -0.2) is 0 Å². The summed E-state index contributed by atoms with van der Waals surface area (Å²) in [6.45, 7) is 0. The number of aromatic hydroxyl groups is 2. The molecule has 2 N–H and O–H groups in total. The summed E-state index contributed by atoms with van der Waals surface area (Å²) in [5, 5.41) is 20.5. The molecule has 4 rings (SSSR count). The predicted octanol–water partition coefficient (Wildman–Crippen LogP) is 3.76. The second-order valence-corrected chi connectivity index (χ2v) is 4.70. The zero-order chi connectivity index (χ0) is 17.4. The van der Waals surface area contributed by atoms with Gasteiger partial charge in [0.05, 0.1) is 0 Å². The normalized spacial score (nSPS) is 9.46. The van der Waals surface area contributed by atoms with Crippen LogP contribution >= 0.6 is 0 Å². The van der Waals surface area contributed by atoms with Crippen molar-refractivity contribution < 1.29 is 37.7 Å². The summed E-state index contributed by atoms with van der Waals surface area (Å²) in [6, 6.07) is 18.3. The molecule has 0 saturated heterocycles. The van der Waals surface area contributed by atoms with E-state index in [-0.39, 0.29) is 11.5 Å². The van der Waals surface area contributed by atoms with Crippen molar-refractivity contribution in [2.75, 3.05) is 0 Å². The summed E-state index contributed by atoms with van der Waals surface area (Å²) in [5.41, 5.74) is 1.32. The van der Waals surface area contributed by atoms with Crippen molar-refractivity contribution in [3.63, 3.8) is 0 Å². The number of pyridine rings is 2. The molecule has 5 nitrogen and oxygen atoms in total. The number of fused-ring (bicyclic) bond motifs is 2. The quantitative estimate of drug-likeness (QED) is 0.472. The summed E-state index contributed by atoms with van der Waals surface area (Å²) in [4.78, 5) is 8.06. The monoisotopic (exact) mass is 396 g/mol. The minimum atomic E-state index is 0.239. The molecular formula is C18H14N2O3Zr. The van der Waals surface area contributed by atoms with Gasteiger partial charge in [0.25, 0.3) is 0 Å². The van der Waals surface area contributed by atoms with Gasteiger partial charge in [-0.1, -0.05) is 36.4 Å². The standard InChI is InChI=1S/2C9H7NO.O.Zr/c2*11-8-5-1-3-7-4-2-6-10-9(7)8;;/h2*1-6,11H;;. The summed E-state index contributed by atoms with van der Waals surface area (Å²) in [6.07, 6.45) is 3.34. The van der Waals surface area contributed by atoms with Crippen molar-refractivity contribution >= 4 is 21.8 Å². The molecule has 0 unspecified atom stereocenters. The van der Waals surface area contributed by atoms with Crippen molar-refractivity contribution in [2.45, 2.75) is 0 Å². The van der Waals surface area contributed by atoms with Crippen LogP contribution in [0.2, 0.25) is 0 Å². The fraction of sp³-hybridized carbons (Fsp3) is 0. The van der Waals surface area contributed by atoms with Gasteiger partial charge in [-0.05, 0) is 24.3 Å². The Bertz CT molecular complexity index is 859. The first-order chi connectivity index (χ1) is 11.8. The Morgan fingerprint density at radius 2 is 1.00 bits per heavy atom. The van der Waals surface area contributed by atoms with Gasteiger partial charge < -0.3 is 10.2 Å². The molecule has 0 fully saturated rings. The average molecular weight is 398 g/mol. The zero-order valence-electron chi connectivity index (χ0n) is 12.6. The van der Waals surface area contributed by atoms with Gasteiger partial charge in [0.1, 0.15) is 22.5 Å². The van der Waals surface area contributed by atoms with Crippen molar-refractivity contribution in [1.82, 2.24) is 9.97 Å². The van der Waals surface area contributed by atoms with Crippen molar-refractivity contribution in [2.24, 2.45) is 0 Å². The molecule has 2 aromatic heterocycles. The number of hydrogen-bond acceptors (Lipinski definition) is 5. The van der Waals surface area contributed by atoms with Gasteiger partial charge in [-0.2, -0.15) is 0 Å². The first-order valence-corrected chi connectivity index (χ1v) is 8.02. The molecule has 0 aliphatic heterocycles. The molecule has 4 aromatic rings. The van der Waals surface area contributed by atoms with Crippen molar-refractivity contribution in [1.29, 1.82) is 0 Å². The Morgan fingerprint density at radius 3 is 1.38 bits per heavy atom. The summed E-state index contributed by atoms with van der Waals surface area (Å²) in [5.74, 6) is 0.478. The van der Waals surface area contributed by atoms with E-state index in [1.54, 1.807) is 36.7 Å². The van der Waals surface area contributed by atoms with Crippen molar-refractivity contribution in [3.05, 3.63) is 73.1 Å². The van der Waals surface area contributed by atoms with Crippen LogP contribution in [0, 0.1) is 0 Å². The Balaban J connectivity index is 0.000000158. The summed E-state index contributed by atoms with van der Waals surface area (Å²) < 4.78 is 8.34. The maximum atomic E-state index is 9.31. The van der Waals surface area contributed by atoms with E-state index in [2.05, 4.69) is 9.97 Å². The van der Waals surface area contributed by atoms with E-state index < -0.39 is 0 Å². The Labute approximate surface area is 153 Å². The molecule has 0 saturated carbocycles. The summed E-state index contributed by atoms with van der Waals surface area (Å²) in [7, 11) is 0. The fourth-order valence-corrected chi connectivity index (χ4v) is 2.18. The van der Waals surface area contributed by atoms with Crippen LogP contribution in [-0.2, 0) is 27.5 Å². The van der Waals surface area contributed by atoms with E-state index in [9.17, 15) is 10.2 Å². The fourth-order valence-electron chi connectivity index (χ4n) is 2.18. The minimum absolute atomic E-state index is 0.239. The molecular weight excluding hydrogens is 383 g/mol. The average Bonchev–Trinajstić information content (AvgIpc) is 2.65. The van der Waals surface area contributed by atoms with Crippen LogP contribution in [0.4, 0.5) is 0 Å². The molecule has 118 valence electrons. The number of nitrogens with zero attached hydrogens (tertiary/aromatic N) is 2. The summed E-state index contributed by atoms with van der Waals surface area (Å²) >= 11 is 0.300. The van der Waals surface area contributed by atoms with Crippen LogP contribution in [0.1, 0.15) is 0 Å². The van der Waals surface area contributed by atoms with E-state index in [0.717, 1.165) is 10.8 Å². The van der Waals surface area contributed by atoms with Crippen LogP contribution in [-0.4, -0.2) is 20.2 Å². The predicted molar refractivity (Wildman–Crippen MR) is 87.5 cm³/mol. The number of aromatic nitrogens is 2. The third-order valence-electron chi connectivity index (χ3n) is 3.22. The van der Waals surface area contributed by atoms with Gasteiger partial charge in [-0.3, -0.25) is 9.97 Å². The maximum absolute atomic E-state index is 9.31. The van der Waals surface area contributed by atoms with Crippen LogP contribution in [0.3, 0.4) is 0 Å². The van der Waals surface area contributed by atoms with Crippen LogP contribution in [0.25, 0.3) is 21.8 Å². The Kier molecular flexibility index (Phi) is 6.70. The molecule has 0 bridgehead atoms. The Hall–Kier alpha value is -2.46. The second kappa shape index (κ2) is 8.99. The zero-order valence-corrected chi connectivity index (χ0v) is 15.1. The van der Waals surface area contributed by atoms with Gasteiger partial charge in [0.2, 0.25) is 0 Å². The molecule has 6 heteroatoms. The van der Waals surface area contributed by atoms with E-state index in [1.807, 2.05) is 36.4 Å². The molecule has 0 atom stereocenters. The molecule has 0 spiro atoms. The Morgan fingerprint density at radius 1 is 0.625 bits per heavy atom. The van der Waals surface area contributed by atoms with E-state index in [4.69, 9.17) is 2.81 Å². The molecule has 0 aliphatic carbocycles. The number of rotatable bonds is 0. The van der Waals surface area contributed by atoms with Gasteiger partial charge in [0.15, 0.2) is 0 Å². The first kappa shape index (κ1) is 17.9. The van der Waals surface area contributed by atoms with Gasteiger partial charge in [0, 0.05) is 23.2 Å².